The average Bonchev–Trinajstić information content (AvgIpc) is 2.65. The Balaban J connectivity index is 1.51. The summed E-state index contributed by atoms with van der Waals surface area (Å²) in [5, 5.41) is 5.37. The van der Waals surface area contributed by atoms with E-state index >= 15 is 0 Å². The van der Waals surface area contributed by atoms with E-state index in [1.54, 1.807) is 0 Å². The Labute approximate surface area is 152 Å². The van der Waals surface area contributed by atoms with Gasteiger partial charge in [0.2, 0.25) is 0 Å². The summed E-state index contributed by atoms with van der Waals surface area (Å²) in [5.41, 5.74) is 2.18. The van der Waals surface area contributed by atoms with Crippen LogP contribution in [0, 0.1) is 5.92 Å². The summed E-state index contributed by atoms with van der Waals surface area (Å²) in [5.74, 6) is 0.830. The minimum absolute atomic E-state index is 0.0349. The molecule has 25 heavy (non-hydrogen) atoms. The van der Waals surface area contributed by atoms with E-state index in [-0.39, 0.29) is 11.9 Å². The first kappa shape index (κ1) is 18.2. The van der Waals surface area contributed by atoms with Crippen LogP contribution in [0.5, 0.6) is 0 Å². The molecule has 1 aromatic rings. The second-order valence-electron chi connectivity index (χ2n) is 7.99. The molecule has 3 atom stereocenters. The van der Waals surface area contributed by atoms with Gasteiger partial charge in [-0.25, -0.2) is 0 Å². The molecule has 0 radical (unpaired) electrons. The van der Waals surface area contributed by atoms with E-state index in [0.29, 0.717) is 12.0 Å². The summed E-state index contributed by atoms with van der Waals surface area (Å²) in [7, 11) is 0. The average molecular weight is 345 g/mol. The van der Waals surface area contributed by atoms with Crippen molar-refractivity contribution in [1.29, 1.82) is 0 Å². The van der Waals surface area contributed by atoms with Gasteiger partial charge < -0.3 is 15.5 Å². The highest BCUT2D eigenvalue weighted by molar-refractivity contribution is 5.93. The Morgan fingerprint density at radius 3 is 2.44 bits per heavy atom. The molecule has 2 aliphatic rings. The highest BCUT2D eigenvalue weighted by atomic mass is 16.2. The summed E-state index contributed by atoms with van der Waals surface area (Å²) in [6.45, 7) is 6.65. The molecule has 1 aliphatic carbocycles. The third-order valence-corrected chi connectivity index (χ3v) is 5.98. The van der Waals surface area contributed by atoms with Crippen molar-refractivity contribution in [2.45, 2.75) is 70.9 Å². The number of amides is 1. The lowest BCUT2D eigenvalue weighted by molar-refractivity contribution is -0.714. The number of hydrogen-bond donors (Lipinski definition) is 2. The SMILES string of the molecule is C[C@H]([NH2+][C@H]1CCCC[C@H]1C)C(=O)Nc1ccc(N2CCCCC2)cc1. The predicted molar refractivity (Wildman–Crippen MR) is 104 cm³/mol. The van der Waals surface area contributed by atoms with Crippen molar-refractivity contribution in [3.8, 4) is 0 Å². The van der Waals surface area contributed by atoms with Crippen LogP contribution in [0.15, 0.2) is 24.3 Å². The van der Waals surface area contributed by atoms with Crippen LogP contribution in [-0.2, 0) is 4.79 Å². The Morgan fingerprint density at radius 1 is 1.08 bits per heavy atom. The molecule has 1 aliphatic heterocycles. The molecule has 0 aromatic heterocycles. The van der Waals surface area contributed by atoms with Crippen molar-refractivity contribution in [2.24, 2.45) is 5.92 Å². The van der Waals surface area contributed by atoms with Gasteiger partial charge in [0.25, 0.3) is 5.91 Å². The fourth-order valence-electron chi connectivity index (χ4n) is 4.25. The predicted octanol–water partition coefficient (Wildman–Crippen LogP) is 3.15. The Bertz CT molecular complexity index is 551. The van der Waals surface area contributed by atoms with Gasteiger partial charge in [0, 0.05) is 30.4 Å². The fourth-order valence-corrected chi connectivity index (χ4v) is 4.25. The van der Waals surface area contributed by atoms with E-state index in [0.717, 1.165) is 18.8 Å². The second-order valence-corrected chi connectivity index (χ2v) is 7.99. The van der Waals surface area contributed by atoms with E-state index in [1.165, 1.54) is 50.6 Å². The molecule has 2 fully saturated rings. The van der Waals surface area contributed by atoms with Crippen LogP contribution in [0.3, 0.4) is 0 Å². The molecule has 3 N–H and O–H groups in total. The number of nitrogens with one attached hydrogen (secondary N) is 1. The lowest BCUT2D eigenvalue weighted by atomic mass is 9.85. The topological polar surface area (TPSA) is 49.0 Å². The number of nitrogens with two attached hydrogens (primary N) is 1. The number of nitrogens with zero attached hydrogens (tertiary/aromatic N) is 1. The first-order valence-corrected chi connectivity index (χ1v) is 10.1. The molecule has 3 rings (SSSR count). The Hall–Kier alpha value is -1.55. The standard InChI is InChI=1S/C21H33N3O/c1-16-8-4-5-9-20(16)22-17(2)21(25)23-18-10-12-19(13-11-18)24-14-6-3-7-15-24/h10-13,16-17,20,22H,3-9,14-15H2,1-2H3,(H,23,25)/p+1/t16-,17+,20+/m1/s1. The molecule has 1 aromatic carbocycles. The molecule has 0 spiro atoms. The summed E-state index contributed by atoms with van der Waals surface area (Å²) in [6.07, 6.45) is 9.10. The largest absolute Gasteiger partial charge is 0.372 e. The number of benzene rings is 1. The molecule has 1 amide bonds. The first-order chi connectivity index (χ1) is 12.1. The highest BCUT2D eigenvalue weighted by Crippen LogP contribution is 2.22. The molecule has 1 heterocycles. The monoisotopic (exact) mass is 344 g/mol. The van der Waals surface area contributed by atoms with Gasteiger partial charge >= 0.3 is 0 Å². The van der Waals surface area contributed by atoms with Crippen molar-refractivity contribution >= 4 is 17.3 Å². The molecule has 1 saturated heterocycles. The maximum absolute atomic E-state index is 12.5. The lowest BCUT2D eigenvalue weighted by Gasteiger charge is -2.29. The number of hydrogen-bond acceptors (Lipinski definition) is 2. The number of carbonyl (C=O) groups excluding carboxylic acids is 1. The van der Waals surface area contributed by atoms with Crippen molar-refractivity contribution < 1.29 is 10.1 Å². The van der Waals surface area contributed by atoms with Gasteiger partial charge in [0.1, 0.15) is 0 Å². The maximum atomic E-state index is 12.5. The molecule has 0 bridgehead atoms. The molecular formula is C21H34N3O+. The highest BCUT2D eigenvalue weighted by Gasteiger charge is 2.28. The van der Waals surface area contributed by atoms with Crippen molar-refractivity contribution in [3.05, 3.63) is 24.3 Å². The van der Waals surface area contributed by atoms with Crippen LogP contribution in [0.25, 0.3) is 0 Å². The van der Waals surface area contributed by atoms with E-state index in [1.807, 2.05) is 19.1 Å². The second kappa shape index (κ2) is 8.70. The minimum atomic E-state index is -0.0349. The quantitative estimate of drug-likeness (QED) is 0.862. The van der Waals surface area contributed by atoms with Gasteiger partial charge in [-0.05, 0) is 69.7 Å². The van der Waals surface area contributed by atoms with Gasteiger partial charge in [-0.1, -0.05) is 13.3 Å². The summed E-state index contributed by atoms with van der Waals surface area (Å²) in [6, 6.07) is 8.91. The lowest BCUT2D eigenvalue weighted by Crippen LogP contribution is -2.97. The van der Waals surface area contributed by atoms with Crippen molar-refractivity contribution in [3.63, 3.8) is 0 Å². The smallest absolute Gasteiger partial charge is 0.282 e. The first-order valence-electron chi connectivity index (χ1n) is 10.1. The Kier molecular flexibility index (Phi) is 6.35. The number of anilines is 2. The third kappa shape index (κ3) is 4.97. The Morgan fingerprint density at radius 2 is 1.76 bits per heavy atom. The van der Waals surface area contributed by atoms with Gasteiger partial charge in [-0.15, -0.1) is 0 Å². The van der Waals surface area contributed by atoms with E-state index in [9.17, 15) is 4.79 Å². The molecule has 138 valence electrons. The van der Waals surface area contributed by atoms with Crippen LogP contribution >= 0.6 is 0 Å². The van der Waals surface area contributed by atoms with Crippen LogP contribution in [0.1, 0.15) is 58.8 Å². The molecule has 1 saturated carbocycles. The van der Waals surface area contributed by atoms with Crippen LogP contribution in [-0.4, -0.2) is 31.1 Å². The van der Waals surface area contributed by atoms with Gasteiger partial charge in [-0.2, -0.15) is 0 Å². The third-order valence-electron chi connectivity index (χ3n) is 5.98. The van der Waals surface area contributed by atoms with E-state index < -0.39 is 0 Å². The summed E-state index contributed by atoms with van der Waals surface area (Å²) in [4.78, 5) is 15.0. The molecular weight excluding hydrogens is 310 g/mol. The number of piperidine rings is 1. The van der Waals surface area contributed by atoms with Crippen molar-refractivity contribution in [1.82, 2.24) is 0 Å². The molecule has 4 nitrogen and oxygen atoms in total. The number of rotatable bonds is 5. The van der Waals surface area contributed by atoms with Gasteiger partial charge in [0.05, 0.1) is 6.04 Å². The normalized spacial score (nSPS) is 25.4. The minimum Gasteiger partial charge on any atom is -0.372 e. The fraction of sp³-hybridized carbons (Fsp3) is 0.667. The van der Waals surface area contributed by atoms with Gasteiger partial charge in [0.15, 0.2) is 6.04 Å². The van der Waals surface area contributed by atoms with E-state index in [2.05, 4.69) is 34.6 Å². The van der Waals surface area contributed by atoms with Crippen molar-refractivity contribution in [2.75, 3.05) is 23.3 Å². The zero-order valence-electron chi connectivity index (χ0n) is 15.8. The number of quaternary nitrogens is 1. The summed E-state index contributed by atoms with van der Waals surface area (Å²) < 4.78 is 0. The van der Waals surface area contributed by atoms with Crippen LogP contribution < -0.4 is 15.5 Å². The maximum Gasteiger partial charge on any atom is 0.282 e. The van der Waals surface area contributed by atoms with Gasteiger partial charge in [-0.3, -0.25) is 4.79 Å². The summed E-state index contributed by atoms with van der Waals surface area (Å²) >= 11 is 0. The van der Waals surface area contributed by atoms with Crippen LogP contribution in [0.4, 0.5) is 11.4 Å². The zero-order chi connectivity index (χ0) is 17.6. The number of carbonyl (C=O) groups is 1. The van der Waals surface area contributed by atoms with Crippen LogP contribution in [0.2, 0.25) is 0 Å². The molecule has 4 heteroatoms. The molecule has 0 unspecified atom stereocenters. The van der Waals surface area contributed by atoms with E-state index in [4.69, 9.17) is 0 Å². The zero-order valence-corrected chi connectivity index (χ0v) is 15.8.